The first-order chi connectivity index (χ1) is 8.69. The zero-order chi connectivity index (χ0) is 13.0. The fourth-order valence-electron chi connectivity index (χ4n) is 2.35. The van der Waals surface area contributed by atoms with Crippen LogP contribution in [0.5, 0.6) is 0 Å². The largest absolute Gasteiger partial charge is 0.467 e. The molecule has 2 atom stereocenters. The predicted octanol–water partition coefficient (Wildman–Crippen LogP) is 1.62. The maximum absolute atomic E-state index is 12.0. The molecule has 4 nitrogen and oxygen atoms in total. The van der Waals surface area contributed by atoms with E-state index in [1.165, 1.54) is 7.11 Å². The lowest BCUT2D eigenvalue weighted by Crippen LogP contribution is -2.49. The molecule has 0 saturated carbocycles. The summed E-state index contributed by atoms with van der Waals surface area (Å²) in [6.07, 6.45) is 2.01. The van der Waals surface area contributed by atoms with E-state index in [-0.39, 0.29) is 0 Å². The molecule has 0 amide bonds. The zero-order valence-electron chi connectivity index (χ0n) is 10.5. The number of benzene rings is 1. The van der Waals surface area contributed by atoms with Crippen molar-refractivity contribution in [1.82, 2.24) is 0 Å². The number of rotatable bonds is 3. The van der Waals surface area contributed by atoms with E-state index in [9.17, 15) is 9.90 Å². The average molecular weight is 250 g/mol. The van der Waals surface area contributed by atoms with Crippen LogP contribution >= 0.6 is 0 Å². The minimum absolute atomic E-state index is 0.517. The maximum atomic E-state index is 12.0. The van der Waals surface area contributed by atoms with Crippen LogP contribution in [0.25, 0.3) is 0 Å². The van der Waals surface area contributed by atoms with Crippen LogP contribution in [-0.2, 0) is 19.9 Å². The van der Waals surface area contributed by atoms with Crippen molar-refractivity contribution in [3.8, 4) is 0 Å². The first-order valence-corrected chi connectivity index (χ1v) is 6.17. The summed E-state index contributed by atoms with van der Waals surface area (Å²) < 4.78 is 10.3. The van der Waals surface area contributed by atoms with Crippen LogP contribution in [-0.4, -0.2) is 30.9 Å². The fraction of sp³-hybridized carbons (Fsp3) is 0.500. The second kappa shape index (κ2) is 5.50. The topological polar surface area (TPSA) is 55.8 Å². The van der Waals surface area contributed by atoms with Gasteiger partial charge in [-0.05, 0) is 24.8 Å². The van der Waals surface area contributed by atoms with Gasteiger partial charge in [-0.1, -0.05) is 30.3 Å². The third-order valence-electron chi connectivity index (χ3n) is 3.36. The smallest absolute Gasteiger partial charge is 0.345 e. The van der Waals surface area contributed by atoms with Gasteiger partial charge in [0.15, 0.2) is 0 Å². The van der Waals surface area contributed by atoms with Crippen LogP contribution in [0.4, 0.5) is 0 Å². The Morgan fingerprint density at radius 3 is 2.67 bits per heavy atom. The predicted molar refractivity (Wildman–Crippen MR) is 65.9 cm³/mol. The average Bonchev–Trinajstić information content (AvgIpc) is 2.47. The van der Waals surface area contributed by atoms with Gasteiger partial charge in [0, 0.05) is 6.61 Å². The Labute approximate surface area is 107 Å². The van der Waals surface area contributed by atoms with E-state index >= 15 is 0 Å². The van der Waals surface area contributed by atoms with Gasteiger partial charge in [-0.2, -0.15) is 0 Å². The highest BCUT2D eigenvalue weighted by atomic mass is 16.6. The van der Waals surface area contributed by atoms with Gasteiger partial charge in [-0.25, -0.2) is 4.79 Å². The molecule has 98 valence electrons. The Morgan fingerprint density at radius 1 is 1.39 bits per heavy atom. The first-order valence-electron chi connectivity index (χ1n) is 6.17. The molecule has 0 spiro atoms. The molecule has 2 unspecified atom stereocenters. The molecule has 1 fully saturated rings. The summed E-state index contributed by atoms with van der Waals surface area (Å²) in [6, 6.07) is 8.84. The van der Waals surface area contributed by atoms with Gasteiger partial charge in [0.1, 0.15) is 6.10 Å². The molecule has 0 bridgehead atoms. The molecule has 1 aromatic carbocycles. The second-order valence-corrected chi connectivity index (χ2v) is 4.48. The van der Waals surface area contributed by atoms with Gasteiger partial charge in [0.25, 0.3) is 0 Å². The highest BCUT2D eigenvalue weighted by molar-refractivity contribution is 5.81. The number of carbonyl (C=O) groups is 1. The molecule has 18 heavy (non-hydrogen) atoms. The number of carbonyl (C=O) groups excluding carboxylic acids is 1. The molecule has 0 aliphatic carbocycles. The standard InChI is InChI=1S/C14H18O4/c1-17-13(15)14(16,11-7-3-2-4-8-11)12-9-5-6-10-18-12/h2-4,7-8,12,16H,5-6,9-10H2,1H3. The number of methoxy groups -OCH3 is 1. The molecular formula is C14H18O4. The van der Waals surface area contributed by atoms with Crippen molar-refractivity contribution < 1.29 is 19.4 Å². The molecule has 0 radical (unpaired) electrons. The number of esters is 1. The Morgan fingerprint density at radius 2 is 2.11 bits per heavy atom. The van der Waals surface area contributed by atoms with Crippen molar-refractivity contribution in [2.75, 3.05) is 13.7 Å². The second-order valence-electron chi connectivity index (χ2n) is 4.48. The van der Waals surface area contributed by atoms with Crippen LogP contribution < -0.4 is 0 Å². The van der Waals surface area contributed by atoms with E-state index in [2.05, 4.69) is 0 Å². The molecule has 1 heterocycles. The highest BCUT2D eigenvalue weighted by Gasteiger charge is 2.48. The SMILES string of the molecule is COC(=O)C(O)(c1ccccc1)C1CCCCO1. The summed E-state index contributed by atoms with van der Waals surface area (Å²) in [6.45, 7) is 0.566. The third-order valence-corrected chi connectivity index (χ3v) is 3.36. The zero-order valence-corrected chi connectivity index (χ0v) is 10.5. The monoisotopic (exact) mass is 250 g/mol. The summed E-state index contributed by atoms with van der Waals surface area (Å²) in [4.78, 5) is 12.0. The fourth-order valence-corrected chi connectivity index (χ4v) is 2.35. The number of ether oxygens (including phenoxy) is 2. The van der Waals surface area contributed by atoms with E-state index in [0.717, 1.165) is 12.8 Å². The van der Waals surface area contributed by atoms with Crippen molar-refractivity contribution in [2.24, 2.45) is 0 Å². The van der Waals surface area contributed by atoms with E-state index in [4.69, 9.17) is 9.47 Å². The Kier molecular flexibility index (Phi) is 3.99. The van der Waals surface area contributed by atoms with Crippen molar-refractivity contribution in [3.63, 3.8) is 0 Å². The molecule has 0 aromatic heterocycles. The summed E-state index contributed by atoms with van der Waals surface area (Å²) in [5, 5.41) is 10.8. The minimum Gasteiger partial charge on any atom is -0.467 e. The normalized spacial score (nSPS) is 23.1. The van der Waals surface area contributed by atoms with Crippen LogP contribution in [0.3, 0.4) is 0 Å². The Bertz CT molecular complexity index is 398. The van der Waals surface area contributed by atoms with Gasteiger partial charge in [0.2, 0.25) is 5.60 Å². The van der Waals surface area contributed by atoms with E-state index in [0.29, 0.717) is 18.6 Å². The Balaban J connectivity index is 2.36. The van der Waals surface area contributed by atoms with E-state index in [1.54, 1.807) is 24.3 Å². The summed E-state index contributed by atoms with van der Waals surface area (Å²) >= 11 is 0. The van der Waals surface area contributed by atoms with Crippen LogP contribution in [0.1, 0.15) is 24.8 Å². The molecule has 2 rings (SSSR count). The quantitative estimate of drug-likeness (QED) is 0.828. The number of hydrogen-bond donors (Lipinski definition) is 1. The van der Waals surface area contributed by atoms with Gasteiger partial charge in [-0.15, -0.1) is 0 Å². The summed E-state index contributed by atoms with van der Waals surface area (Å²) in [5.74, 6) is -0.666. The Hall–Kier alpha value is -1.39. The molecule has 1 saturated heterocycles. The number of hydrogen-bond acceptors (Lipinski definition) is 4. The van der Waals surface area contributed by atoms with Crippen molar-refractivity contribution >= 4 is 5.97 Å². The summed E-state index contributed by atoms with van der Waals surface area (Å²) in [5.41, 5.74) is -1.19. The third kappa shape index (κ3) is 2.26. The van der Waals surface area contributed by atoms with Crippen molar-refractivity contribution in [2.45, 2.75) is 31.0 Å². The van der Waals surface area contributed by atoms with Crippen molar-refractivity contribution in [3.05, 3.63) is 35.9 Å². The van der Waals surface area contributed by atoms with Gasteiger partial charge in [-0.3, -0.25) is 0 Å². The molecule has 4 heteroatoms. The molecular weight excluding hydrogens is 232 g/mol. The first kappa shape index (κ1) is 13.1. The lowest BCUT2D eigenvalue weighted by Gasteiger charge is -2.36. The number of aliphatic hydroxyl groups is 1. The lowest BCUT2D eigenvalue weighted by molar-refractivity contribution is -0.188. The molecule has 1 aliphatic rings. The van der Waals surface area contributed by atoms with Gasteiger partial charge < -0.3 is 14.6 Å². The van der Waals surface area contributed by atoms with E-state index < -0.39 is 17.7 Å². The molecule has 1 aliphatic heterocycles. The molecule has 1 N–H and O–H groups in total. The lowest BCUT2D eigenvalue weighted by atomic mass is 9.84. The van der Waals surface area contributed by atoms with Crippen LogP contribution in [0, 0.1) is 0 Å². The summed E-state index contributed by atoms with van der Waals surface area (Å²) in [7, 11) is 1.28. The van der Waals surface area contributed by atoms with Crippen LogP contribution in [0.2, 0.25) is 0 Å². The highest BCUT2D eigenvalue weighted by Crippen LogP contribution is 2.33. The minimum atomic E-state index is -1.71. The maximum Gasteiger partial charge on any atom is 0.345 e. The van der Waals surface area contributed by atoms with Crippen molar-refractivity contribution in [1.29, 1.82) is 0 Å². The van der Waals surface area contributed by atoms with Gasteiger partial charge >= 0.3 is 5.97 Å². The van der Waals surface area contributed by atoms with Gasteiger partial charge in [0.05, 0.1) is 7.11 Å². The van der Waals surface area contributed by atoms with Crippen LogP contribution in [0.15, 0.2) is 30.3 Å². The van der Waals surface area contributed by atoms with E-state index in [1.807, 2.05) is 6.07 Å². The molecule has 1 aromatic rings.